The van der Waals surface area contributed by atoms with E-state index in [1.54, 1.807) is 12.0 Å². The van der Waals surface area contributed by atoms with Gasteiger partial charge in [0.15, 0.2) is 0 Å². The molecule has 0 spiro atoms. The summed E-state index contributed by atoms with van der Waals surface area (Å²) in [6.07, 6.45) is 1.54. The van der Waals surface area contributed by atoms with E-state index in [1.807, 2.05) is 6.92 Å². The summed E-state index contributed by atoms with van der Waals surface area (Å²) in [5, 5.41) is 2.72. The molecule has 0 saturated carbocycles. The molecular formula is C14H26N2O5. The molecule has 1 N–H and O–H groups in total. The van der Waals surface area contributed by atoms with Gasteiger partial charge in [0, 0.05) is 13.7 Å². The van der Waals surface area contributed by atoms with Gasteiger partial charge < -0.3 is 24.4 Å². The number of nitrogens with one attached hydrogen (secondary N) is 1. The van der Waals surface area contributed by atoms with E-state index in [2.05, 4.69) is 5.32 Å². The zero-order valence-electron chi connectivity index (χ0n) is 12.9. The van der Waals surface area contributed by atoms with Gasteiger partial charge in [-0.05, 0) is 6.42 Å². The van der Waals surface area contributed by atoms with Crippen LogP contribution < -0.4 is 5.32 Å². The van der Waals surface area contributed by atoms with Crippen LogP contribution in [0.15, 0.2) is 0 Å². The molecule has 1 heterocycles. The standard InChI is InChI=1S/C14H26N2O5/c1-3-4-12-14(18)16(11-13(17)15-12)5-6-20-9-10-21-8-7-19-2/h12H,3-11H2,1-2H3,(H,15,17). The molecule has 1 aliphatic rings. The highest BCUT2D eigenvalue weighted by Crippen LogP contribution is 2.07. The second kappa shape index (κ2) is 10.5. The summed E-state index contributed by atoms with van der Waals surface area (Å²) in [6.45, 7) is 5.03. The van der Waals surface area contributed by atoms with Crippen LogP contribution in [-0.2, 0) is 23.8 Å². The first-order valence-corrected chi connectivity index (χ1v) is 7.41. The second-order valence-corrected chi connectivity index (χ2v) is 4.89. The van der Waals surface area contributed by atoms with Gasteiger partial charge in [-0.3, -0.25) is 9.59 Å². The maximum Gasteiger partial charge on any atom is 0.245 e. The third kappa shape index (κ3) is 6.88. The first-order chi connectivity index (χ1) is 10.2. The number of piperazine rings is 1. The molecule has 1 atom stereocenters. The zero-order chi connectivity index (χ0) is 15.5. The molecule has 7 nitrogen and oxygen atoms in total. The fourth-order valence-electron chi connectivity index (χ4n) is 2.09. The highest BCUT2D eigenvalue weighted by Gasteiger charge is 2.31. The summed E-state index contributed by atoms with van der Waals surface area (Å²) >= 11 is 0. The molecule has 1 aliphatic heterocycles. The Hall–Kier alpha value is -1.18. The van der Waals surface area contributed by atoms with E-state index in [-0.39, 0.29) is 24.4 Å². The van der Waals surface area contributed by atoms with E-state index in [4.69, 9.17) is 14.2 Å². The van der Waals surface area contributed by atoms with Gasteiger partial charge in [-0.2, -0.15) is 0 Å². The average Bonchev–Trinajstić information content (AvgIpc) is 2.46. The minimum Gasteiger partial charge on any atom is -0.382 e. The SMILES string of the molecule is CCCC1NC(=O)CN(CCOCCOCCOC)C1=O. The van der Waals surface area contributed by atoms with Crippen molar-refractivity contribution in [1.29, 1.82) is 0 Å². The molecule has 0 aromatic rings. The minimum atomic E-state index is -0.381. The number of ether oxygens (including phenoxy) is 3. The predicted octanol–water partition coefficient (Wildman–Crippen LogP) is -0.207. The number of carbonyl (C=O) groups is 2. The van der Waals surface area contributed by atoms with Crippen molar-refractivity contribution in [2.45, 2.75) is 25.8 Å². The fourth-order valence-corrected chi connectivity index (χ4v) is 2.09. The fraction of sp³-hybridized carbons (Fsp3) is 0.857. The smallest absolute Gasteiger partial charge is 0.245 e. The molecule has 0 aromatic carbocycles. The number of nitrogens with zero attached hydrogens (tertiary/aromatic N) is 1. The number of hydrogen-bond donors (Lipinski definition) is 1. The number of carbonyl (C=O) groups excluding carboxylic acids is 2. The topological polar surface area (TPSA) is 77.1 Å². The molecule has 21 heavy (non-hydrogen) atoms. The summed E-state index contributed by atoms with van der Waals surface area (Å²) in [7, 11) is 1.62. The Morgan fingerprint density at radius 1 is 1.14 bits per heavy atom. The van der Waals surface area contributed by atoms with Gasteiger partial charge in [0.1, 0.15) is 6.04 Å². The van der Waals surface area contributed by atoms with Crippen molar-refractivity contribution in [3.05, 3.63) is 0 Å². The maximum absolute atomic E-state index is 12.1. The highest BCUT2D eigenvalue weighted by atomic mass is 16.5. The zero-order valence-corrected chi connectivity index (χ0v) is 12.9. The first kappa shape index (κ1) is 17.9. The molecule has 1 unspecified atom stereocenters. The molecular weight excluding hydrogens is 276 g/mol. The first-order valence-electron chi connectivity index (χ1n) is 7.41. The quantitative estimate of drug-likeness (QED) is 0.535. The number of amides is 2. The van der Waals surface area contributed by atoms with Gasteiger partial charge in [0.2, 0.25) is 11.8 Å². The number of rotatable bonds is 11. The lowest BCUT2D eigenvalue weighted by Gasteiger charge is -2.32. The van der Waals surface area contributed by atoms with E-state index in [1.165, 1.54) is 0 Å². The molecule has 0 aliphatic carbocycles. The predicted molar refractivity (Wildman–Crippen MR) is 76.9 cm³/mol. The third-order valence-electron chi connectivity index (χ3n) is 3.17. The third-order valence-corrected chi connectivity index (χ3v) is 3.17. The normalized spacial score (nSPS) is 19.0. The summed E-state index contributed by atoms with van der Waals surface area (Å²) in [4.78, 5) is 25.2. The summed E-state index contributed by atoms with van der Waals surface area (Å²) in [6, 6.07) is -0.381. The number of methoxy groups -OCH3 is 1. The lowest BCUT2D eigenvalue weighted by atomic mass is 10.1. The van der Waals surface area contributed by atoms with Crippen LogP contribution in [0.2, 0.25) is 0 Å². The van der Waals surface area contributed by atoms with Gasteiger partial charge >= 0.3 is 0 Å². The van der Waals surface area contributed by atoms with E-state index in [0.29, 0.717) is 46.0 Å². The van der Waals surface area contributed by atoms with Crippen LogP contribution in [0.4, 0.5) is 0 Å². The van der Waals surface area contributed by atoms with Crippen LogP contribution in [0, 0.1) is 0 Å². The molecule has 2 amide bonds. The maximum atomic E-state index is 12.1. The summed E-state index contributed by atoms with van der Waals surface area (Å²) < 4.78 is 15.5. The summed E-state index contributed by atoms with van der Waals surface area (Å²) in [5.41, 5.74) is 0. The van der Waals surface area contributed by atoms with Gasteiger partial charge in [0.25, 0.3) is 0 Å². The van der Waals surface area contributed by atoms with Crippen molar-refractivity contribution < 1.29 is 23.8 Å². The Kier molecular flexibility index (Phi) is 8.96. The van der Waals surface area contributed by atoms with E-state index >= 15 is 0 Å². The Morgan fingerprint density at radius 2 is 1.81 bits per heavy atom. The Labute approximate surface area is 125 Å². The van der Waals surface area contributed by atoms with Crippen LogP contribution in [-0.4, -0.2) is 76.0 Å². The van der Waals surface area contributed by atoms with Crippen molar-refractivity contribution in [3.63, 3.8) is 0 Å². The Balaban J connectivity index is 2.15. The van der Waals surface area contributed by atoms with Crippen molar-refractivity contribution in [2.75, 3.05) is 53.2 Å². The Bertz CT molecular complexity index is 324. The van der Waals surface area contributed by atoms with Gasteiger partial charge in [-0.1, -0.05) is 13.3 Å². The van der Waals surface area contributed by atoms with Crippen LogP contribution in [0.3, 0.4) is 0 Å². The van der Waals surface area contributed by atoms with Crippen molar-refractivity contribution in [2.24, 2.45) is 0 Å². The van der Waals surface area contributed by atoms with E-state index in [0.717, 1.165) is 6.42 Å². The lowest BCUT2D eigenvalue weighted by Crippen LogP contribution is -2.58. The van der Waals surface area contributed by atoms with Crippen molar-refractivity contribution in [1.82, 2.24) is 10.2 Å². The molecule has 122 valence electrons. The molecule has 1 saturated heterocycles. The average molecular weight is 302 g/mol. The van der Waals surface area contributed by atoms with E-state index < -0.39 is 0 Å². The highest BCUT2D eigenvalue weighted by molar-refractivity contribution is 5.94. The summed E-state index contributed by atoms with van der Waals surface area (Å²) in [5.74, 6) is -0.118. The molecule has 1 rings (SSSR count). The molecule has 0 radical (unpaired) electrons. The largest absolute Gasteiger partial charge is 0.382 e. The van der Waals surface area contributed by atoms with Crippen molar-refractivity contribution in [3.8, 4) is 0 Å². The van der Waals surface area contributed by atoms with Gasteiger partial charge in [0.05, 0.1) is 39.6 Å². The van der Waals surface area contributed by atoms with Gasteiger partial charge in [-0.25, -0.2) is 0 Å². The van der Waals surface area contributed by atoms with E-state index in [9.17, 15) is 9.59 Å². The van der Waals surface area contributed by atoms with Crippen LogP contribution in [0.1, 0.15) is 19.8 Å². The Morgan fingerprint density at radius 3 is 2.48 bits per heavy atom. The molecule has 7 heteroatoms. The lowest BCUT2D eigenvalue weighted by molar-refractivity contribution is -0.145. The van der Waals surface area contributed by atoms with Gasteiger partial charge in [-0.15, -0.1) is 0 Å². The second-order valence-electron chi connectivity index (χ2n) is 4.89. The molecule has 1 fully saturated rings. The minimum absolute atomic E-state index is 0.0172. The molecule has 0 bridgehead atoms. The van der Waals surface area contributed by atoms with Crippen molar-refractivity contribution >= 4 is 11.8 Å². The monoisotopic (exact) mass is 302 g/mol. The molecule has 0 aromatic heterocycles. The van der Waals surface area contributed by atoms with Crippen LogP contribution >= 0.6 is 0 Å². The van der Waals surface area contributed by atoms with Crippen LogP contribution in [0.25, 0.3) is 0 Å². The number of hydrogen-bond acceptors (Lipinski definition) is 5. The van der Waals surface area contributed by atoms with Crippen LogP contribution in [0.5, 0.6) is 0 Å².